The fourth-order valence-electron chi connectivity index (χ4n) is 1.46. The second kappa shape index (κ2) is 6.19. The van der Waals surface area contributed by atoms with Crippen LogP contribution in [0.5, 0.6) is 0 Å². The second-order valence-electron chi connectivity index (χ2n) is 3.53. The van der Waals surface area contributed by atoms with E-state index in [4.69, 9.17) is 4.42 Å². The molecule has 0 aromatic carbocycles. The highest BCUT2D eigenvalue weighted by Crippen LogP contribution is 2.33. The molecule has 2 aromatic heterocycles. The molecule has 0 aliphatic rings. The highest BCUT2D eigenvalue weighted by Gasteiger charge is 2.22. The van der Waals surface area contributed by atoms with Gasteiger partial charge in [0, 0.05) is 6.54 Å². The third-order valence-corrected chi connectivity index (χ3v) is 3.25. The lowest BCUT2D eigenvalue weighted by atomic mass is 10.4. The van der Waals surface area contributed by atoms with Gasteiger partial charge in [-0.05, 0) is 19.1 Å². The molecule has 0 saturated heterocycles. The van der Waals surface area contributed by atoms with E-state index >= 15 is 0 Å². The summed E-state index contributed by atoms with van der Waals surface area (Å²) >= 11 is 1.25. The Balaban J connectivity index is 2.23. The Hall–Kier alpha value is -2.09. The third-order valence-electron chi connectivity index (χ3n) is 2.25. The Morgan fingerprint density at radius 1 is 1.53 bits per heavy atom. The predicted molar refractivity (Wildman–Crippen MR) is 71.1 cm³/mol. The molecule has 19 heavy (non-hydrogen) atoms. The number of nitro groups is 1. The summed E-state index contributed by atoms with van der Waals surface area (Å²) in [6.45, 7) is 2.40. The average molecular weight is 280 g/mol. The molecule has 0 aliphatic carbocycles. The minimum atomic E-state index is -0.470. The lowest BCUT2D eigenvalue weighted by molar-refractivity contribution is -0.387. The smallest absolute Gasteiger partial charge is 0.343 e. The number of nitrogens with zero attached hydrogens (tertiary/aromatic N) is 3. The first kappa shape index (κ1) is 13.3. The van der Waals surface area contributed by atoms with Crippen LogP contribution in [0.1, 0.15) is 12.7 Å². The van der Waals surface area contributed by atoms with Crippen molar-refractivity contribution in [1.82, 2.24) is 9.97 Å². The normalized spacial score (nSPS) is 10.4. The van der Waals surface area contributed by atoms with Crippen molar-refractivity contribution in [1.29, 1.82) is 0 Å². The summed E-state index contributed by atoms with van der Waals surface area (Å²) in [5.41, 5.74) is -0.0964. The van der Waals surface area contributed by atoms with Crippen LogP contribution in [0.3, 0.4) is 0 Å². The van der Waals surface area contributed by atoms with Crippen LogP contribution in [0.4, 0.5) is 11.5 Å². The Kier molecular flexibility index (Phi) is 4.35. The number of nitrogens with one attached hydrogen (secondary N) is 1. The topological polar surface area (TPSA) is 94.1 Å². The molecule has 0 amide bonds. The molecule has 0 atom stereocenters. The molecule has 0 aliphatic heterocycles. The van der Waals surface area contributed by atoms with Crippen LogP contribution in [-0.4, -0.2) is 21.4 Å². The molecule has 1 N–H and O–H groups in total. The zero-order chi connectivity index (χ0) is 13.7. The van der Waals surface area contributed by atoms with Crippen LogP contribution in [0.25, 0.3) is 0 Å². The molecule has 0 bridgehead atoms. The molecule has 0 radical (unpaired) electrons. The zero-order valence-corrected chi connectivity index (χ0v) is 11.0. The average Bonchev–Trinajstić information content (AvgIpc) is 2.89. The van der Waals surface area contributed by atoms with Gasteiger partial charge in [0.1, 0.15) is 12.1 Å². The molecule has 2 heterocycles. The molecule has 2 rings (SSSR count). The quantitative estimate of drug-likeness (QED) is 0.376. The van der Waals surface area contributed by atoms with Crippen LogP contribution < -0.4 is 5.32 Å². The lowest BCUT2D eigenvalue weighted by Crippen LogP contribution is -2.05. The summed E-state index contributed by atoms with van der Waals surface area (Å²) < 4.78 is 5.18. The number of anilines is 1. The number of furan rings is 1. The number of rotatable bonds is 6. The van der Waals surface area contributed by atoms with Crippen molar-refractivity contribution in [3.05, 3.63) is 40.6 Å². The van der Waals surface area contributed by atoms with Gasteiger partial charge in [0.2, 0.25) is 5.82 Å². The largest absolute Gasteiger partial charge is 0.468 e. The van der Waals surface area contributed by atoms with E-state index in [2.05, 4.69) is 15.3 Å². The summed E-state index contributed by atoms with van der Waals surface area (Å²) in [6.07, 6.45) is 2.88. The SMILES string of the molecule is CCNc1ncnc(SCc2ccco2)c1[N+](=O)[O-]. The fourth-order valence-corrected chi connectivity index (χ4v) is 2.34. The fraction of sp³-hybridized carbons (Fsp3) is 0.273. The second-order valence-corrected chi connectivity index (χ2v) is 4.50. The van der Waals surface area contributed by atoms with E-state index in [0.29, 0.717) is 17.3 Å². The summed E-state index contributed by atoms with van der Waals surface area (Å²) in [5.74, 6) is 1.46. The Morgan fingerprint density at radius 2 is 2.37 bits per heavy atom. The van der Waals surface area contributed by atoms with E-state index < -0.39 is 4.92 Å². The monoisotopic (exact) mass is 280 g/mol. The maximum absolute atomic E-state index is 11.1. The Morgan fingerprint density at radius 3 is 3.00 bits per heavy atom. The molecule has 0 spiro atoms. The molecular weight excluding hydrogens is 268 g/mol. The molecule has 100 valence electrons. The van der Waals surface area contributed by atoms with Gasteiger partial charge in [0.25, 0.3) is 0 Å². The van der Waals surface area contributed by atoms with Gasteiger partial charge in [-0.15, -0.1) is 0 Å². The summed E-state index contributed by atoms with van der Waals surface area (Å²) in [6, 6.07) is 3.58. The van der Waals surface area contributed by atoms with Crippen molar-refractivity contribution >= 4 is 23.3 Å². The highest BCUT2D eigenvalue weighted by molar-refractivity contribution is 7.98. The molecule has 8 heteroatoms. The van der Waals surface area contributed by atoms with Crippen molar-refractivity contribution in [2.75, 3.05) is 11.9 Å². The van der Waals surface area contributed by atoms with E-state index in [1.54, 1.807) is 12.3 Å². The van der Waals surface area contributed by atoms with Gasteiger partial charge in [-0.2, -0.15) is 0 Å². The number of thioether (sulfide) groups is 1. The Bertz CT molecular complexity index is 559. The predicted octanol–water partition coefficient (Wildman–Crippen LogP) is 2.70. The van der Waals surface area contributed by atoms with Gasteiger partial charge in [-0.1, -0.05) is 11.8 Å². The first-order valence-corrected chi connectivity index (χ1v) is 6.59. The van der Waals surface area contributed by atoms with Crippen molar-refractivity contribution < 1.29 is 9.34 Å². The van der Waals surface area contributed by atoms with Gasteiger partial charge in [-0.3, -0.25) is 10.1 Å². The lowest BCUT2D eigenvalue weighted by Gasteiger charge is -2.05. The molecule has 2 aromatic rings. The molecule has 7 nitrogen and oxygen atoms in total. The molecule has 0 saturated carbocycles. The van der Waals surface area contributed by atoms with Gasteiger partial charge in [0.05, 0.1) is 16.9 Å². The van der Waals surface area contributed by atoms with E-state index in [-0.39, 0.29) is 11.5 Å². The number of hydrogen-bond donors (Lipinski definition) is 1. The Labute approximate surface area is 113 Å². The molecule has 0 unspecified atom stereocenters. The molecular formula is C11H12N4O3S. The highest BCUT2D eigenvalue weighted by atomic mass is 32.2. The maximum Gasteiger partial charge on any atom is 0.343 e. The van der Waals surface area contributed by atoms with Crippen LogP contribution in [0.2, 0.25) is 0 Å². The summed E-state index contributed by atoms with van der Waals surface area (Å²) in [5, 5.41) is 14.3. The zero-order valence-electron chi connectivity index (χ0n) is 10.2. The van der Waals surface area contributed by atoms with E-state index in [1.165, 1.54) is 18.1 Å². The minimum Gasteiger partial charge on any atom is -0.468 e. The van der Waals surface area contributed by atoms with E-state index in [9.17, 15) is 10.1 Å². The summed E-state index contributed by atoms with van der Waals surface area (Å²) in [4.78, 5) is 18.5. The van der Waals surface area contributed by atoms with Gasteiger partial charge < -0.3 is 9.73 Å². The van der Waals surface area contributed by atoms with E-state index in [1.807, 2.05) is 13.0 Å². The standard InChI is InChI=1S/C11H12N4O3S/c1-2-12-10-9(15(16)17)11(14-7-13-10)19-6-8-4-3-5-18-8/h3-5,7H,2,6H2,1H3,(H,12,13,14). The maximum atomic E-state index is 11.1. The van der Waals surface area contributed by atoms with Crippen molar-refractivity contribution in [2.24, 2.45) is 0 Å². The van der Waals surface area contributed by atoms with Crippen LogP contribution >= 0.6 is 11.8 Å². The van der Waals surface area contributed by atoms with Crippen LogP contribution in [-0.2, 0) is 5.75 Å². The number of aromatic nitrogens is 2. The van der Waals surface area contributed by atoms with Crippen molar-refractivity contribution in [3.8, 4) is 0 Å². The molecule has 0 fully saturated rings. The van der Waals surface area contributed by atoms with Crippen LogP contribution in [0.15, 0.2) is 34.2 Å². The first-order chi connectivity index (χ1) is 9.22. The van der Waals surface area contributed by atoms with Gasteiger partial charge >= 0.3 is 5.69 Å². The van der Waals surface area contributed by atoms with E-state index in [0.717, 1.165) is 5.76 Å². The van der Waals surface area contributed by atoms with Gasteiger partial charge in [0.15, 0.2) is 5.03 Å². The van der Waals surface area contributed by atoms with Gasteiger partial charge in [-0.25, -0.2) is 9.97 Å². The van der Waals surface area contributed by atoms with Crippen molar-refractivity contribution in [2.45, 2.75) is 17.7 Å². The third kappa shape index (κ3) is 3.22. The first-order valence-electron chi connectivity index (χ1n) is 5.60. The summed E-state index contributed by atoms with van der Waals surface area (Å²) in [7, 11) is 0. The number of hydrogen-bond acceptors (Lipinski definition) is 7. The van der Waals surface area contributed by atoms with Crippen molar-refractivity contribution in [3.63, 3.8) is 0 Å². The van der Waals surface area contributed by atoms with Crippen LogP contribution in [0, 0.1) is 10.1 Å². The minimum absolute atomic E-state index is 0.0964.